The van der Waals surface area contributed by atoms with Crippen molar-refractivity contribution >= 4 is 68.8 Å². The van der Waals surface area contributed by atoms with Crippen LogP contribution in [0, 0.1) is 20.0 Å². The summed E-state index contributed by atoms with van der Waals surface area (Å²) in [5, 5.41) is 52.8. The summed E-state index contributed by atoms with van der Waals surface area (Å²) < 4.78 is 0.538. The van der Waals surface area contributed by atoms with Crippen LogP contribution in [0.4, 0.5) is 10.5 Å². The van der Waals surface area contributed by atoms with Crippen molar-refractivity contribution in [2.24, 2.45) is 5.92 Å². The molecule has 1 aromatic rings. The molecule has 0 heterocycles. The van der Waals surface area contributed by atoms with Gasteiger partial charge in [-0.15, -0.1) is 0 Å². The van der Waals surface area contributed by atoms with Gasteiger partial charge in [-0.1, -0.05) is 20.8 Å². The summed E-state index contributed by atoms with van der Waals surface area (Å²) in [6.45, 7) is 5.56. The third kappa shape index (κ3) is 8.44. The van der Waals surface area contributed by atoms with E-state index in [1.165, 1.54) is 7.05 Å². The van der Waals surface area contributed by atoms with Crippen molar-refractivity contribution in [3.8, 4) is 0 Å². The molecule has 0 aliphatic rings. The summed E-state index contributed by atoms with van der Waals surface area (Å²) in [6, 6.07) is 0. The van der Waals surface area contributed by atoms with E-state index >= 15 is 0 Å². The van der Waals surface area contributed by atoms with Gasteiger partial charge in [-0.25, -0.2) is 4.79 Å². The lowest BCUT2D eigenvalue weighted by Crippen LogP contribution is -2.45. The minimum atomic E-state index is -1.38. The lowest BCUT2D eigenvalue weighted by molar-refractivity contribution is 0.0148. The number of carboxylic acid groups (broad SMARTS) is 1. The van der Waals surface area contributed by atoms with E-state index in [0.29, 0.717) is 3.57 Å². The third-order valence-corrected chi connectivity index (χ3v) is 6.97. The topological polar surface area (TPSA) is 180 Å². The van der Waals surface area contributed by atoms with Crippen LogP contribution in [0.3, 0.4) is 0 Å². The van der Waals surface area contributed by atoms with Crippen LogP contribution >= 0.6 is 45.2 Å². The maximum atomic E-state index is 13.5. The van der Waals surface area contributed by atoms with E-state index in [-0.39, 0.29) is 45.6 Å². The van der Waals surface area contributed by atoms with Crippen molar-refractivity contribution < 1.29 is 39.9 Å². The molecule has 0 aromatic heterocycles. The number of carbonyl (C=O) groups is 3. The van der Waals surface area contributed by atoms with Gasteiger partial charge < -0.3 is 35.7 Å². The number of nitrogens with zero attached hydrogens (tertiary/aromatic N) is 1. The zero-order valence-electron chi connectivity index (χ0n) is 19.7. The Bertz CT molecular complexity index is 869. The van der Waals surface area contributed by atoms with Gasteiger partial charge in [-0.05, 0) is 57.7 Å². The number of benzene rings is 1. The number of hydrogen-bond donors (Lipinski definition) is 7. The first-order chi connectivity index (χ1) is 15.9. The van der Waals surface area contributed by atoms with Crippen LogP contribution < -0.4 is 10.6 Å². The number of carbonyl (C=O) groups excluding carboxylic acids is 2. The number of aliphatic hydroxyl groups excluding tert-OH is 4. The van der Waals surface area contributed by atoms with E-state index in [1.807, 2.05) is 36.4 Å². The number of halogens is 2. The number of amides is 3. The average Bonchev–Trinajstić information content (AvgIpc) is 2.81. The van der Waals surface area contributed by atoms with Crippen LogP contribution in [0.1, 0.15) is 47.1 Å². The van der Waals surface area contributed by atoms with Gasteiger partial charge >= 0.3 is 6.09 Å². The standard InChI is InChI=1S/C19H27I2N3O8.C2H6/c1-8(6-25)11(28)5-24(4-10(27)7-26)18(30)13-9(2)12(17(29)22-3)14(20)16(15(13)21)23-19(31)32;1-2/h8,10-11,23,25-28H,4-7H2,1-3H3,(H,22,29)(H,31,32);1-2H3. The van der Waals surface area contributed by atoms with Crippen molar-refractivity contribution in [1.29, 1.82) is 0 Å². The summed E-state index contributed by atoms with van der Waals surface area (Å²) in [6.07, 6.45) is -3.81. The van der Waals surface area contributed by atoms with E-state index in [9.17, 15) is 39.9 Å². The molecule has 0 saturated carbocycles. The zero-order chi connectivity index (χ0) is 26.7. The smallest absolute Gasteiger partial charge is 0.409 e. The fourth-order valence-corrected chi connectivity index (χ4v) is 5.51. The molecule has 13 heteroatoms. The molecule has 0 spiro atoms. The second-order valence-corrected chi connectivity index (χ2v) is 9.32. The SMILES string of the molecule is CC.CNC(=O)c1c(C)c(C(=O)N(CC(O)CO)CC(O)C(C)CO)c(I)c(NC(=O)O)c1I. The van der Waals surface area contributed by atoms with Crippen LogP contribution in [0.15, 0.2) is 0 Å². The van der Waals surface area contributed by atoms with Crippen LogP contribution in [0.2, 0.25) is 0 Å². The Morgan fingerprint density at radius 3 is 1.97 bits per heavy atom. The molecule has 7 N–H and O–H groups in total. The number of nitrogens with one attached hydrogen (secondary N) is 2. The molecule has 1 aromatic carbocycles. The van der Waals surface area contributed by atoms with Crippen molar-refractivity contribution in [1.82, 2.24) is 10.2 Å². The molecule has 34 heavy (non-hydrogen) atoms. The first kappa shape index (κ1) is 32.7. The minimum absolute atomic E-state index is 0.0161. The predicted octanol–water partition coefficient (Wildman–Crippen LogP) is 1.46. The highest BCUT2D eigenvalue weighted by atomic mass is 127. The van der Waals surface area contributed by atoms with Gasteiger partial charge in [0.2, 0.25) is 0 Å². The van der Waals surface area contributed by atoms with Crippen LogP contribution in [0.5, 0.6) is 0 Å². The van der Waals surface area contributed by atoms with Gasteiger partial charge in [-0.3, -0.25) is 14.9 Å². The Morgan fingerprint density at radius 1 is 1.00 bits per heavy atom. The fraction of sp³-hybridized carbons (Fsp3) is 0.571. The molecule has 1 rings (SSSR count). The summed E-state index contributed by atoms with van der Waals surface area (Å²) in [7, 11) is 1.40. The molecule has 0 aliphatic heterocycles. The first-order valence-corrected chi connectivity index (χ1v) is 12.7. The Hall–Kier alpha value is -1.27. The molecule has 3 unspecified atom stereocenters. The quantitative estimate of drug-likeness (QED) is 0.179. The average molecular weight is 709 g/mol. The Kier molecular flexibility index (Phi) is 15.1. The molecular weight excluding hydrogens is 676 g/mol. The Morgan fingerprint density at radius 2 is 1.53 bits per heavy atom. The normalized spacial score (nSPS) is 13.1. The van der Waals surface area contributed by atoms with E-state index in [4.69, 9.17) is 0 Å². The fourth-order valence-electron chi connectivity index (χ4n) is 2.90. The van der Waals surface area contributed by atoms with Gasteiger partial charge in [0.25, 0.3) is 11.8 Å². The van der Waals surface area contributed by atoms with E-state index in [1.54, 1.807) is 36.4 Å². The number of aliphatic hydroxyl groups is 4. The summed E-state index contributed by atoms with van der Waals surface area (Å²) >= 11 is 3.62. The highest BCUT2D eigenvalue weighted by Gasteiger charge is 2.31. The summed E-state index contributed by atoms with van der Waals surface area (Å²) in [5.74, 6) is -1.78. The van der Waals surface area contributed by atoms with E-state index in [0.717, 1.165) is 4.90 Å². The molecule has 194 valence electrons. The highest BCUT2D eigenvalue weighted by molar-refractivity contribution is 14.1. The summed E-state index contributed by atoms with van der Waals surface area (Å²) in [5.41, 5.74) is 0.459. The van der Waals surface area contributed by atoms with Crippen LogP contribution in [-0.2, 0) is 0 Å². The molecule has 0 bridgehead atoms. The predicted molar refractivity (Wildman–Crippen MR) is 144 cm³/mol. The van der Waals surface area contributed by atoms with Gasteiger partial charge in [0.05, 0.1) is 42.8 Å². The number of hydrogen-bond acceptors (Lipinski definition) is 7. The van der Waals surface area contributed by atoms with Crippen molar-refractivity contribution in [2.45, 2.75) is 39.9 Å². The Balaban J connectivity index is 0.00000529. The molecule has 0 aliphatic carbocycles. The molecule has 0 fully saturated rings. The second kappa shape index (κ2) is 15.7. The van der Waals surface area contributed by atoms with Gasteiger partial charge in [0.1, 0.15) is 0 Å². The largest absolute Gasteiger partial charge is 0.465 e. The number of rotatable bonds is 10. The molecule has 3 amide bonds. The number of anilines is 1. The van der Waals surface area contributed by atoms with E-state index < -0.39 is 42.6 Å². The van der Waals surface area contributed by atoms with Crippen molar-refractivity contribution in [2.75, 3.05) is 38.7 Å². The second-order valence-electron chi connectivity index (χ2n) is 7.16. The molecule has 3 atom stereocenters. The van der Waals surface area contributed by atoms with Gasteiger partial charge in [0, 0.05) is 32.7 Å². The monoisotopic (exact) mass is 709 g/mol. The van der Waals surface area contributed by atoms with Crippen molar-refractivity contribution in [3.63, 3.8) is 0 Å². The molecule has 0 radical (unpaired) electrons. The summed E-state index contributed by atoms with van der Waals surface area (Å²) in [4.78, 5) is 38.5. The zero-order valence-corrected chi connectivity index (χ0v) is 24.0. The lowest BCUT2D eigenvalue weighted by atomic mass is 9.98. The van der Waals surface area contributed by atoms with Crippen molar-refractivity contribution in [3.05, 3.63) is 23.8 Å². The minimum Gasteiger partial charge on any atom is -0.465 e. The van der Waals surface area contributed by atoms with E-state index in [2.05, 4.69) is 10.6 Å². The lowest BCUT2D eigenvalue weighted by Gasteiger charge is -2.30. The van der Waals surface area contributed by atoms with Gasteiger partial charge in [0.15, 0.2) is 0 Å². The van der Waals surface area contributed by atoms with Crippen LogP contribution in [0.25, 0.3) is 0 Å². The molecule has 0 saturated heterocycles. The first-order valence-electron chi connectivity index (χ1n) is 10.5. The maximum absolute atomic E-state index is 13.5. The van der Waals surface area contributed by atoms with Gasteiger partial charge in [-0.2, -0.15) is 0 Å². The molecular formula is C21H33I2N3O8. The highest BCUT2D eigenvalue weighted by Crippen LogP contribution is 2.35. The Labute approximate surface area is 226 Å². The third-order valence-electron chi connectivity index (χ3n) is 4.81. The maximum Gasteiger partial charge on any atom is 0.409 e. The molecule has 11 nitrogen and oxygen atoms in total. The van der Waals surface area contributed by atoms with Crippen LogP contribution in [-0.4, -0.2) is 93.9 Å².